The molecule has 9 heteroatoms. The number of aromatic nitrogens is 3. The number of anilines is 3. The van der Waals surface area contributed by atoms with Crippen molar-refractivity contribution in [3.05, 3.63) is 0 Å². The van der Waals surface area contributed by atoms with Gasteiger partial charge in [0.2, 0.25) is 17.8 Å². The molecular formula is C10H17N7O2. The van der Waals surface area contributed by atoms with E-state index >= 15 is 0 Å². The third-order valence-corrected chi connectivity index (χ3v) is 2.66. The predicted molar refractivity (Wildman–Crippen MR) is 69.7 cm³/mol. The number of nitrogens with two attached hydrogens (primary N) is 2. The normalized spacial score (nSPS) is 14.4. The molecule has 0 aromatic carbocycles. The highest BCUT2D eigenvalue weighted by Crippen LogP contribution is 2.17. The van der Waals surface area contributed by atoms with Crippen molar-refractivity contribution in [1.82, 2.24) is 15.0 Å². The van der Waals surface area contributed by atoms with Gasteiger partial charge in [0.15, 0.2) is 0 Å². The van der Waals surface area contributed by atoms with Crippen LogP contribution in [0.25, 0.3) is 0 Å². The molecular weight excluding hydrogens is 250 g/mol. The number of carbonyl (C=O) groups excluding carboxylic acids is 1. The van der Waals surface area contributed by atoms with Gasteiger partial charge in [-0.1, -0.05) is 0 Å². The Morgan fingerprint density at radius 1 is 1.32 bits per heavy atom. The number of primary amides is 1. The van der Waals surface area contributed by atoms with Crippen molar-refractivity contribution >= 4 is 23.9 Å². The quantitative estimate of drug-likeness (QED) is 0.612. The number of rotatable bonds is 5. The maximum atomic E-state index is 10.4. The molecule has 5 N–H and O–H groups in total. The highest BCUT2D eigenvalue weighted by molar-refractivity contribution is 5.64. The Morgan fingerprint density at radius 3 is 2.74 bits per heavy atom. The van der Waals surface area contributed by atoms with E-state index in [2.05, 4.69) is 29.9 Å². The number of hydrogen-bond acceptors (Lipinski definition) is 8. The zero-order valence-corrected chi connectivity index (χ0v) is 10.5. The van der Waals surface area contributed by atoms with E-state index in [-0.39, 0.29) is 12.6 Å². The number of ether oxygens (including phenoxy) is 1. The minimum absolute atomic E-state index is 0.139. The summed E-state index contributed by atoms with van der Waals surface area (Å²) in [7, 11) is 0. The topological polar surface area (TPSA) is 132 Å². The van der Waals surface area contributed by atoms with Crippen LogP contribution < -0.4 is 21.7 Å². The Labute approximate surface area is 110 Å². The standard InChI is InChI=1S/C10H17N7O2/c11-7-14-9(13-3-6-19-8(12)18)16-10(15-7)17-4-1-2-5-17/h1-6H2,(H2,12,18)(H3,11,13,14,15,16). The van der Waals surface area contributed by atoms with Crippen molar-refractivity contribution in [3.63, 3.8) is 0 Å². The average Bonchev–Trinajstić information content (AvgIpc) is 2.87. The maximum Gasteiger partial charge on any atom is 0.404 e. The lowest BCUT2D eigenvalue weighted by Crippen LogP contribution is -2.23. The third kappa shape index (κ3) is 3.83. The summed E-state index contributed by atoms with van der Waals surface area (Å²) in [5.41, 5.74) is 10.5. The van der Waals surface area contributed by atoms with Crippen LogP contribution in [0, 0.1) is 0 Å². The molecule has 0 aliphatic carbocycles. The monoisotopic (exact) mass is 267 g/mol. The van der Waals surface area contributed by atoms with Gasteiger partial charge in [-0.2, -0.15) is 15.0 Å². The summed E-state index contributed by atoms with van der Waals surface area (Å²) in [6.45, 7) is 2.34. The van der Waals surface area contributed by atoms with Crippen molar-refractivity contribution in [1.29, 1.82) is 0 Å². The summed E-state index contributed by atoms with van der Waals surface area (Å²) in [5.74, 6) is 1.10. The fourth-order valence-electron chi connectivity index (χ4n) is 1.83. The second kappa shape index (κ2) is 6.03. The molecule has 1 aliphatic heterocycles. The second-order valence-electron chi connectivity index (χ2n) is 4.11. The molecule has 0 saturated carbocycles. The van der Waals surface area contributed by atoms with Crippen LogP contribution in [-0.2, 0) is 4.74 Å². The van der Waals surface area contributed by atoms with Gasteiger partial charge in [-0.25, -0.2) is 4.79 Å². The molecule has 19 heavy (non-hydrogen) atoms. The fourth-order valence-corrected chi connectivity index (χ4v) is 1.83. The van der Waals surface area contributed by atoms with Gasteiger partial charge in [-0.3, -0.25) is 0 Å². The van der Waals surface area contributed by atoms with Crippen LogP contribution in [0.1, 0.15) is 12.8 Å². The van der Waals surface area contributed by atoms with E-state index in [1.165, 1.54) is 0 Å². The molecule has 0 radical (unpaired) electrons. The molecule has 9 nitrogen and oxygen atoms in total. The number of hydrogen-bond donors (Lipinski definition) is 3. The first-order valence-electron chi connectivity index (χ1n) is 6.08. The van der Waals surface area contributed by atoms with E-state index in [1.807, 2.05) is 0 Å². The Kier molecular flexibility index (Phi) is 4.16. The van der Waals surface area contributed by atoms with E-state index in [4.69, 9.17) is 11.5 Å². The number of nitrogen functional groups attached to an aromatic ring is 1. The molecule has 1 aromatic rings. The summed E-state index contributed by atoms with van der Waals surface area (Å²) in [6.07, 6.45) is 1.44. The predicted octanol–water partition coefficient (Wildman–Crippen LogP) is -0.439. The lowest BCUT2D eigenvalue weighted by Gasteiger charge is -2.15. The molecule has 1 aliphatic rings. The van der Waals surface area contributed by atoms with Crippen LogP contribution >= 0.6 is 0 Å². The Hall–Kier alpha value is -2.32. The molecule has 1 amide bonds. The summed E-state index contributed by atoms with van der Waals surface area (Å²) < 4.78 is 4.59. The maximum absolute atomic E-state index is 10.4. The molecule has 1 fully saturated rings. The van der Waals surface area contributed by atoms with Gasteiger partial charge in [0.1, 0.15) is 6.61 Å². The van der Waals surface area contributed by atoms with Crippen LogP contribution in [0.15, 0.2) is 0 Å². The zero-order chi connectivity index (χ0) is 13.7. The van der Waals surface area contributed by atoms with E-state index in [0.717, 1.165) is 25.9 Å². The summed E-state index contributed by atoms with van der Waals surface area (Å²) in [4.78, 5) is 24.8. The number of nitrogens with one attached hydrogen (secondary N) is 1. The van der Waals surface area contributed by atoms with Crippen molar-refractivity contribution in [2.24, 2.45) is 5.73 Å². The van der Waals surface area contributed by atoms with Crippen molar-refractivity contribution in [2.75, 3.05) is 42.2 Å². The lowest BCUT2D eigenvalue weighted by molar-refractivity contribution is 0.161. The molecule has 0 atom stereocenters. The number of carbonyl (C=O) groups is 1. The van der Waals surface area contributed by atoms with E-state index < -0.39 is 6.09 Å². The third-order valence-electron chi connectivity index (χ3n) is 2.66. The molecule has 0 spiro atoms. The smallest absolute Gasteiger partial charge is 0.404 e. The van der Waals surface area contributed by atoms with Gasteiger partial charge in [-0.05, 0) is 12.8 Å². The van der Waals surface area contributed by atoms with Crippen LogP contribution in [0.4, 0.5) is 22.6 Å². The minimum atomic E-state index is -0.810. The van der Waals surface area contributed by atoms with Crippen molar-refractivity contribution in [2.45, 2.75) is 12.8 Å². The van der Waals surface area contributed by atoms with E-state index in [9.17, 15) is 4.79 Å². The molecule has 0 bridgehead atoms. The van der Waals surface area contributed by atoms with Gasteiger partial charge in [0.25, 0.3) is 0 Å². The second-order valence-corrected chi connectivity index (χ2v) is 4.11. The lowest BCUT2D eigenvalue weighted by atomic mass is 10.4. The van der Waals surface area contributed by atoms with Gasteiger partial charge in [0, 0.05) is 13.1 Å². The average molecular weight is 267 g/mol. The molecule has 104 valence electrons. The van der Waals surface area contributed by atoms with Crippen LogP contribution in [-0.4, -0.2) is 47.3 Å². The molecule has 1 saturated heterocycles. The van der Waals surface area contributed by atoms with Crippen molar-refractivity contribution < 1.29 is 9.53 Å². The van der Waals surface area contributed by atoms with Crippen molar-refractivity contribution in [3.8, 4) is 0 Å². The molecule has 0 unspecified atom stereocenters. The summed E-state index contributed by atoms with van der Waals surface area (Å²) in [6, 6.07) is 0. The Bertz CT molecular complexity index is 448. The number of amides is 1. The number of nitrogens with zero attached hydrogens (tertiary/aromatic N) is 4. The summed E-state index contributed by atoms with van der Waals surface area (Å²) in [5, 5.41) is 2.90. The van der Waals surface area contributed by atoms with Gasteiger partial charge in [0.05, 0.1) is 6.54 Å². The van der Waals surface area contributed by atoms with Gasteiger partial charge >= 0.3 is 6.09 Å². The fraction of sp³-hybridized carbons (Fsp3) is 0.600. The van der Waals surface area contributed by atoms with Gasteiger partial charge < -0.3 is 26.4 Å². The van der Waals surface area contributed by atoms with Crippen LogP contribution in [0.2, 0.25) is 0 Å². The van der Waals surface area contributed by atoms with E-state index in [1.54, 1.807) is 0 Å². The largest absolute Gasteiger partial charge is 0.448 e. The first kappa shape index (κ1) is 13.1. The van der Waals surface area contributed by atoms with Gasteiger partial charge in [-0.15, -0.1) is 0 Å². The zero-order valence-electron chi connectivity index (χ0n) is 10.5. The Morgan fingerprint density at radius 2 is 2.05 bits per heavy atom. The SMILES string of the molecule is NC(=O)OCCNc1nc(N)nc(N2CCCC2)n1. The highest BCUT2D eigenvalue weighted by atomic mass is 16.5. The van der Waals surface area contributed by atoms with E-state index in [0.29, 0.717) is 18.4 Å². The van der Waals surface area contributed by atoms with Crippen LogP contribution in [0.3, 0.4) is 0 Å². The molecule has 2 rings (SSSR count). The Balaban J connectivity index is 1.94. The molecule has 1 aromatic heterocycles. The highest BCUT2D eigenvalue weighted by Gasteiger charge is 2.16. The minimum Gasteiger partial charge on any atom is -0.448 e. The molecule has 2 heterocycles. The first-order chi connectivity index (χ1) is 9.15. The summed E-state index contributed by atoms with van der Waals surface area (Å²) >= 11 is 0. The van der Waals surface area contributed by atoms with Crippen LogP contribution in [0.5, 0.6) is 0 Å². The first-order valence-corrected chi connectivity index (χ1v) is 6.08.